The van der Waals surface area contributed by atoms with Crippen molar-refractivity contribution in [2.24, 2.45) is 5.92 Å². The summed E-state index contributed by atoms with van der Waals surface area (Å²) in [5.74, 6) is -0.883. The van der Waals surface area contributed by atoms with Crippen molar-refractivity contribution in [3.8, 4) is 6.07 Å². The molecule has 0 aliphatic rings. The maximum absolute atomic E-state index is 12.0. The zero-order valence-corrected chi connectivity index (χ0v) is 12.2. The second-order valence-electron chi connectivity index (χ2n) is 5.47. The Bertz CT molecular complexity index is 374. The summed E-state index contributed by atoms with van der Waals surface area (Å²) in [5, 5.41) is 29.5. The van der Waals surface area contributed by atoms with E-state index < -0.39 is 24.0 Å². The lowest BCUT2D eigenvalue weighted by molar-refractivity contribution is -0.141. The Morgan fingerprint density at radius 2 is 2.05 bits per heavy atom. The zero-order chi connectivity index (χ0) is 15.8. The Hall–Kier alpha value is -1.81. The number of hydrogen-bond acceptors (Lipinski definition) is 4. The zero-order valence-electron chi connectivity index (χ0n) is 12.2. The maximum atomic E-state index is 12.0. The number of amides is 2. The minimum Gasteiger partial charge on any atom is -0.481 e. The summed E-state index contributed by atoms with van der Waals surface area (Å²) >= 11 is 0. The van der Waals surface area contributed by atoms with Crippen LogP contribution in [0.25, 0.3) is 0 Å². The highest BCUT2D eigenvalue weighted by molar-refractivity contribution is 5.74. The van der Waals surface area contributed by atoms with Gasteiger partial charge in [-0.05, 0) is 12.8 Å². The fourth-order valence-corrected chi connectivity index (χ4v) is 1.67. The topological polar surface area (TPSA) is 114 Å². The van der Waals surface area contributed by atoms with E-state index in [1.807, 2.05) is 19.9 Å². The number of nitrogens with zero attached hydrogens (tertiary/aromatic N) is 2. The minimum absolute atomic E-state index is 0.153. The highest BCUT2D eigenvalue weighted by Gasteiger charge is 2.26. The van der Waals surface area contributed by atoms with Crippen molar-refractivity contribution in [1.82, 2.24) is 10.2 Å². The van der Waals surface area contributed by atoms with E-state index in [-0.39, 0.29) is 18.9 Å². The molecule has 0 fully saturated rings. The van der Waals surface area contributed by atoms with Crippen LogP contribution in [0.5, 0.6) is 0 Å². The molecule has 0 aliphatic carbocycles. The lowest BCUT2D eigenvalue weighted by Crippen LogP contribution is -2.48. The average Bonchev–Trinajstić information content (AvgIpc) is 2.29. The molecule has 0 heterocycles. The first-order valence-electron chi connectivity index (χ1n) is 6.52. The standard InChI is InChI=1S/C13H23N3O4/c1-10(2)8-16(6-4-5-14)12(19)15-9-13(3,20)7-11(17)18/h10,20H,4,6-9H2,1-3H3,(H,15,19)(H,17,18). The van der Waals surface area contributed by atoms with Gasteiger partial charge in [0.25, 0.3) is 0 Å². The first-order valence-corrected chi connectivity index (χ1v) is 6.52. The van der Waals surface area contributed by atoms with Gasteiger partial charge >= 0.3 is 12.0 Å². The molecule has 114 valence electrons. The van der Waals surface area contributed by atoms with E-state index in [2.05, 4.69) is 5.32 Å². The number of carboxylic acids is 1. The Labute approximate surface area is 119 Å². The number of carboxylic acid groups (broad SMARTS) is 1. The second-order valence-corrected chi connectivity index (χ2v) is 5.47. The van der Waals surface area contributed by atoms with Crippen molar-refractivity contribution >= 4 is 12.0 Å². The fraction of sp³-hybridized carbons (Fsp3) is 0.769. The van der Waals surface area contributed by atoms with Crippen molar-refractivity contribution in [2.75, 3.05) is 19.6 Å². The van der Waals surface area contributed by atoms with Gasteiger partial charge in [-0.3, -0.25) is 4.79 Å². The van der Waals surface area contributed by atoms with Gasteiger partial charge in [0.15, 0.2) is 0 Å². The Morgan fingerprint density at radius 3 is 2.50 bits per heavy atom. The van der Waals surface area contributed by atoms with E-state index in [4.69, 9.17) is 10.4 Å². The molecule has 0 aromatic heterocycles. The van der Waals surface area contributed by atoms with E-state index in [0.29, 0.717) is 13.1 Å². The van der Waals surface area contributed by atoms with Gasteiger partial charge in [0.05, 0.1) is 24.5 Å². The predicted molar refractivity (Wildman–Crippen MR) is 72.9 cm³/mol. The summed E-state index contributed by atoms with van der Waals surface area (Å²) in [6.07, 6.45) is -0.221. The number of urea groups is 1. The second kappa shape index (κ2) is 8.38. The summed E-state index contributed by atoms with van der Waals surface area (Å²) in [4.78, 5) is 24.0. The van der Waals surface area contributed by atoms with Gasteiger partial charge in [-0.2, -0.15) is 5.26 Å². The maximum Gasteiger partial charge on any atom is 0.317 e. The van der Waals surface area contributed by atoms with Crippen molar-refractivity contribution in [2.45, 2.75) is 39.2 Å². The largest absolute Gasteiger partial charge is 0.481 e. The van der Waals surface area contributed by atoms with E-state index >= 15 is 0 Å². The monoisotopic (exact) mass is 285 g/mol. The SMILES string of the molecule is CC(C)CN(CCC#N)C(=O)NCC(C)(O)CC(=O)O. The van der Waals surface area contributed by atoms with Crippen molar-refractivity contribution in [3.63, 3.8) is 0 Å². The molecule has 0 saturated carbocycles. The lowest BCUT2D eigenvalue weighted by atomic mass is 10.0. The predicted octanol–water partition coefficient (Wildman–Crippen LogP) is 0.793. The quantitative estimate of drug-likeness (QED) is 0.610. The molecule has 1 atom stereocenters. The van der Waals surface area contributed by atoms with Crippen LogP contribution in [0.15, 0.2) is 0 Å². The van der Waals surface area contributed by atoms with Gasteiger partial charge in [-0.15, -0.1) is 0 Å². The molecule has 0 radical (unpaired) electrons. The van der Waals surface area contributed by atoms with Crippen LogP contribution in [0.2, 0.25) is 0 Å². The molecule has 1 unspecified atom stereocenters. The molecular formula is C13H23N3O4. The number of carbonyl (C=O) groups excluding carboxylic acids is 1. The number of nitriles is 1. The number of carbonyl (C=O) groups is 2. The van der Waals surface area contributed by atoms with E-state index in [1.165, 1.54) is 11.8 Å². The smallest absolute Gasteiger partial charge is 0.317 e. The van der Waals surface area contributed by atoms with Gasteiger partial charge < -0.3 is 20.4 Å². The molecular weight excluding hydrogens is 262 g/mol. The van der Waals surface area contributed by atoms with Crippen LogP contribution in [0.4, 0.5) is 4.79 Å². The average molecular weight is 285 g/mol. The highest BCUT2D eigenvalue weighted by Crippen LogP contribution is 2.08. The van der Waals surface area contributed by atoms with Crippen LogP contribution in [0.1, 0.15) is 33.6 Å². The van der Waals surface area contributed by atoms with Crippen LogP contribution >= 0.6 is 0 Å². The Balaban J connectivity index is 4.45. The van der Waals surface area contributed by atoms with Crippen LogP contribution in [-0.2, 0) is 4.79 Å². The van der Waals surface area contributed by atoms with Gasteiger partial charge in [0, 0.05) is 19.6 Å². The minimum atomic E-state index is -1.50. The molecule has 0 aliphatic heterocycles. The molecule has 0 aromatic rings. The summed E-state index contributed by atoms with van der Waals surface area (Å²) in [6.45, 7) is 5.90. The van der Waals surface area contributed by atoms with Gasteiger partial charge in [-0.25, -0.2) is 4.79 Å². The molecule has 3 N–H and O–H groups in total. The Kier molecular flexibility index (Phi) is 7.62. The molecule has 0 bridgehead atoms. The molecule has 7 nitrogen and oxygen atoms in total. The van der Waals surface area contributed by atoms with Crippen molar-refractivity contribution in [3.05, 3.63) is 0 Å². The third-order valence-corrected chi connectivity index (χ3v) is 2.52. The molecule has 0 spiro atoms. The van der Waals surface area contributed by atoms with Crippen LogP contribution in [0, 0.1) is 17.2 Å². The highest BCUT2D eigenvalue weighted by atomic mass is 16.4. The Morgan fingerprint density at radius 1 is 1.45 bits per heavy atom. The fourth-order valence-electron chi connectivity index (χ4n) is 1.67. The normalized spacial score (nSPS) is 13.4. The summed E-state index contributed by atoms with van der Waals surface area (Å²) in [6, 6.07) is 1.57. The van der Waals surface area contributed by atoms with Gasteiger partial charge in [-0.1, -0.05) is 13.8 Å². The van der Waals surface area contributed by atoms with Gasteiger partial charge in [0.2, 0.25) is 0 Å². The van der Waals surface area contributed by atoms with Gasteiger partial charge in [0.1, 0.15) is 0 Å². The molecule has 0 saturated heterocycles. The number of hydrogen-bond donors (Lipinski definition) is 3. The molecule has 0 rings (SSSR count). The number of nitrogens with one attached hydrogen (secondary N) is 1. The van der Waals surface area contributed by atoms with Crippen LogP contribution in [-0.4, -0.2) is 52.3 Å². The number of aliphatic carboxylic acids is 1. The molecule has 20 heavy (non-hydrogen) atoms. The van der Waals surface area contributed by atoms with Crippen LogP contribution < -0.4 is 5.32 Å². The lowest BCUT2D eigenvalue weighted by Gasteiger charge is -2.27. The molecule has 0 aromatic carbocycles. The first-order chi connectivity index (χ1) is 9.18. The summed E-state index contributed by atoms with van der Waals surface area (Å²) in [7, 11) is 0. The van der Waals surface area contributed by atoms with E-state index in [0.717, 1.165) is 0 Å². The number of aliphatic hydroxyl groups is 1. The van der Waals surface area contributed by atoms with E-state index in [1.54, 1.807) is 0 Å². The van der Waals surface area contributed by atoms with Crippen LogP contribution in [0.3, 0.4) is 0 Å². The first kappa shape index (κ1) is 18.2. The third kappa shape index (κ3) is 8.32. The van der Waals surface area contributed by atoms with E-state index in [9.17, 15) is 14.7 Å². The summed E-state index contributed by atoms with van der Waals surface area (Å²) < 4.78 is 0. The molecule has 7 heteroatoms. The third-order valence-electron chi connectivity index (χ3n) is 2.52. The molecule has 2 amide bonds. The van der Waals surface area contributed by atoms with Crippen molar-refractivity contribution < 1.29 is 19.8 Å². The number of rotatable bonds is 8. The summed E-state index contributed by atoms with van der Waals surface area (Å²) in [5.41, 5.74) is -1.50. The van der Waals surface area contributed by atoms with Crippen molar-refractivity contribution in [1.29, 1.82) is 5.26 Å².